The second kappa shape index (κ2) is 4.37. The van der Waals surface area contributed by atoms with E-state index in [-0.39, 0.29) is 5.95 Å². The smallest absolute Gasteiger partial charge is 0.223 e. The Hall–Kier alpha value is -1.81. The van der Waals surface area contributed by atoms with E-state index in [1.54, 1.807) is 6.07 Å². The Balaban J connectivity index is 2.30. The van der Waals surface area contributed by atoms with Crippen LogP contribution < -0.4 is 11.1 Å². The van der Waals surface area contributed by atoms with Crippen LogP contribution in [0.2, 0.25) is 5.15 Å². The van der Waals surface area contributed by atoms with Gasteiger partial charge in [0.2, 0.25) is 5.95 Å². The molecule has 3 N–H and O–H groups in total. The van der Waals surface area contributed by atoms with Crippen LogP contribution in [0.15, 0.2) is 30.3 Å². The van der Waals surface area contributed by atoms with Gasteiger partial charge in [-0.25, -0.2) is 4.98 Å². The maximum atomic E-state index is 5.79. The molecule has 0 aliphatic heterocycles. The maximum absolute atomic E-state index is 5.79. The fourth-order valence-corrected chi connectivity index (χ4v) is 1.54. The summed E-state index contributed by atoms with van der Waals surface area (Å²) in [5.41, 5.74) is 7.59. The molecule has 1 aromatic carbocycles. The van der Waals surface area contributed by atoms with Crippen molar-refractivity contribution in [2.45, 2.75) is 6.92 Å². The number of nitrogen functional groups attached to an aromatic ring is 1. The Kier molecular flexibility index (Phi) is 2.92. The lowest BCUT2D eigenvalue weighted by Gasteiger charge is -2.08. The lowest BCUT2D eigenvalue weighted by molar-refractivity contribution is 1.18. The van der Waals surface area contributed by atoms with Crippen LogP contribution in [-0.2, 0) is 0 Å². The molecule has 0 fully saturated rings. The standard InChI is InChI=1S/C11H11ClN4/c1-7-4-2-3-5-8(7)14-10-6-9(12)15-11(13)16-10/h2-6H,1H3,(H3,13,14,15,16). The van der Waals surface area contributed by atoms with Gasteiger partial charge < -0.3 is 11.1 Å². The molecule has 0 amide bonds. The third-order valence-corrected chi connectivity index (χ3v) is 2.31. The van der Waals surface area contributed by atoms with Crippen molar-refractivity contribution in [1.29, 1.82) is 0 Å². The predicted octanol–water partition coefficient (Wildman–Crippen LogP) is 2.76. The van der Waals surface area contributed by atoms with Crippen molar-refractivity contribution in [3.05, 3.63) is 41.0 Å². The summed E-state index contributed by atoms with van der Waals surface area (Å²) in [5, 5.41) is 3.46. The molecule has 0 radical (unpaired) electrons. The van der Waals surface area contributed by atoms with Gasteiger partial charge in [0.15, 0.2) is 0 Å². The van der Waals surface area contributed by atoms with Crippen molar-refractivity contribution in [3.63, 3.8) is 0 Å². The summed E-state index contributed by atoms with van der Waals surface area (Å²) in [7, 11) is 0. The van der Waals surface area contributed by atoms with E-state index in [0.29, 0.717) is 11.0 Å². The largest absolute Gasteiger partial charge is 0.368 e. The minimum atomic E-state index is 0.156. The first-order valence-electron chi connectivity index (χ1n) is 4.78. The predicted molar refractivity (Wildman–Crippen MR) is 65.9 cm³/mol. The van der Waals surface area contributed by atoms with Crippen LogP contribution in [0.4, 0.5) is 17.5 Å². The fraction of sp³-hybridized carbons (Fsp3) is 0.0909. The van der Waals surface area contributed by atoms with Gasteiger partial charge in [0.1, 0.15) is 11.0 Å². The number of para-hydroxylation sites is 1. The lowest BCUT2D eigenvalue weighted by Crippen LogP contribution is -2.00. The molecule has 0 aliphatic carbocycles. The molecule has 0 spiro atoms. The minimum Gasteiger partial charge on any atom is -0.368 e. The molecule has 0 unspecified atom stereocenters. The Labute approximate surface area is 98.5 Å². The Morgan fingerprint density at radius 1 is 1.25 bits per heavy atom. The number of halogens is 1. The van der Waals surface area contributed by atoms with Crippen LogP contribution in [-0.4, -0.2) is 9.97 Å². The molecule has 82 valence electrons. The number of aryl methyl sites for hydroxylation is 1. The van der Waals surface area contributed by atoms with Gasteiger partial charge in [-0.1, -0.05) is 29.8 Å². The third kappa shape index (κ3) is 2.41. The second-order valence-corrected chi connectivity index (χ2v) is 3.76. The number of anilines is 3. The first kappa shape index (κ1) is 10.7. The summed E-state index contributed by atoms with van der Waals surface area (Å²) >= 11 is 5.79. The fourth-order valence-electron chi connectivity index (χ4n) is 1.35. The number of aromatic nitrogens is 2. The van der Waals surface area contributed by atoms with E-state index in [1.807, 2.05) is 31.2 Å². The summed E-state index contributed by atoms with van der Waals surface area (Å²) in [6, 6.07) is 9.52. The topological polar surface area (TPSA) is 63.8 Å². The van der Waals surface area contributed by atoms with Gasteiger partial charge >= 0.3 is 0 Å². The van der Waals surface area contributed by atoms with Gasteiger partial charge in [0.25, 0.3) is 0 Å². The van der Waals surface area contributed by atoms with Gasteiger partial charge in [-0.15, -0.1) is 0 Å². The van der Waals surface area contributed by atoms with E-state index < -0.39 is 0 Å². The van der Waals surface area contributed by atoms with Crippen molar-refractivity contribution < 1.29 is 0 Å². The first-order chi connectivity index (χ1) is 7.65. The summed E-state index contributed by atoms with van der Waals surface area (Å²) in [6.45, 7) is 2.01. The van der Waals surface area contributed by atoms with Gasteiger partial charge in [-0.05, 0) is 18.6 Å². The molecule has 5 heteroatoms. The third-order valence-electron chi connectivity index (χ3n) is 2.12. The highest BCUT2D eigenvalue weighted by molar-refractivity contribution is 6.29. The van der Waals surface area contributed by atoms with Crippen LogP contribution >= 0.6 is 11.6 Å². The van der Waals surface area contributed by atoms with E-state index in [0.717, 1.165) is 11.3 Å². The molecule has 1 aromatic heterocycles. The molecular weight excluding hydrogens is 224 g/mol. The molecule has 0 atom stereocenters. The molecule has 2 rings (SSSR count). The van der Waals surface area contributed by atoms with E-state index in [2.05, 4.69) is 15.3 Å². The summed E-state index contributed by atoms with van der Waals surface area (Å²) in [5.74, 6) is 0.746. The molecule has 16 heavy (non-hydrogen) atoms. The summed E-state index contributed by atoms with van der Waals surface area (Å²) in [6.07, 6.45) is 0. The van der Waals surface area contributed by atoms with Crippen LogP contribution in [0.3, 0.4) is 0 Å². The van der Waals surface area contributed by atoms with Gasteiger partial charge in [0.05, 0.1) is 0 Å². The number of rotatable bonds is 2. The van der Waals surface area contributed by atoms with Gasteiger partial charge in [0, 0.05) is 11.8 Å². The first-order valence-corrected chi connectivity index (χ1v) is 5.15. The zero-order valence-electron chi connectivity index (χ0n) is 8.74. The molecule has 1 heterocycles. The van der Waals surface area contributed by atoms with Gasteiger partial charge in [-0.3, -0.25) is 0 Å². The Morgan fingerprint density at radius 2 is 2.00 bits per heavy atom. The molecule has 2 aromatic rings. The van der Waals surface area contributed by atoms with Crippen LogP contribution in [0.5, 0.6) is 0 Å². The SMILES string of the molecule is Cc1ccccc1Nc1cc(Cl)nc(N)n1. The second-order valence-electron chi connectivity index (χ2n) is 3.37. The summed E-state index contributed by atoms with van der Waals surface area (Å²) in [4.78, 5) is 7.83. The zero-order valence-corrected chi connectivity index (χ0v) is 9.49. The van der Waals surface area contributed by atoms with Crippen molar-refractivity contribution in [1.82, 2.24) is 9.97 Å². The average molecular weight is 235 g/mol. The Bertz CT molecular complexity index is 493. The van der Waals surface area contributed by atoms with Crippen LogP contribution in [0.25, 0.3) is 0 Å². The van der Waals surface area contributed by atoms with E-state index in [1.165, 1.54) is 0 Å². The zero-order chi connectivity index (χ0) is 11.5. The van der Waals surface area contributed by atoms with Crippen molar-refractivity contribution >= 4 is 29.1 Å². The van der Waals surface area contributed by atoms with E-state index in [9.17, 15) is 0 Å². The number of nitrogens with one attached hydrogen (secondary N) is 1. The molecule has 0 saturated carbocycles. The van der Waals surface area contributed by atoms with Gasteiger partial charge in [-0.2, -0.15) is 4.98 Å². The minimum absolute atomic E-state index is 0.156. The van der Waals surface area contributed by atoms with Crippen LogP contribution in [0, 0.1) is 6.92 Å². The summed E-state index contributed by atoms with van der Waals surface area (Å²) < 4.78 is 0. The van der Waals surface area contributed by atoms with E-state index >= 15 is 0 Å². The molecule has 4 nitrogen and oxygen atoms in total. The number of hydrogen-bond acceptors (Lipinski definition) is 4. The maximum Gasteiger partial charge on any atom is 0.223 e. The quantitative estimate of drug-likeness (QED) is 0.785. The number of nitrogens with two attached hydrogens (primary N) is 1. The van der Waals surface area contributed by atoms with E-state index in [4.69, 9.17) is 17.3 Å². The lowest BCUT2D eigenvalue weighted by atomic mass is 10.2. The number of hydrogen-bond donors (Lipinski definition) is 2. The normalized spacial score (nSPS) is 10.1. The monoisotopic (exact) mass is 234 g/mol. The highest BCUT2D eigenvalue weighted by atomic mass is 35.5. The van der Waals surface area contributed by atoms with Crippen molar-refractivity contribution in [2.75, 3.05) is 11.1 Å². The molecular formula is C11H11ClN4. The number of benzene rings is 1. The van der Waals surface area contributed by atoms with Crippen LogP contribution in [0.1, 0.15) is 5.56 Å². The highest BCUT2D eigenvalue weighted by Crippen LogP contribution is 2.20. The van der Waals surface area contributed by atoms with Crippen molar-refractivity contribution in [3.8, 4) is 0 Å². The highest BCUT2D eigenvalue weighted by Gasteiger charge is 2.02. The average Bonchev–Trinajstić information content (AvgIpc) is 2.20. The molecule has 0 aliphatic rings. The Morgan fingerprint density at radius 3 is 2.69 bits per heavy atom. The van der Waals surface area contributed by atoms with Crippen molar-refractivity contribution in [2.24, 2.45) is 0 Å². The molecule has 0 saturated heterocycles. The molecule has 0 bridgehead atoms. The number of nitrogens with zero attached hydrogens (tertiary/aromatic N) is 2.